The molecule has 1 atom stereocenters. The third-order valence-corrected chi connectivity index (χ3v) is 4.90. The van der Waals surface area contributed by atoms with Crippen LogP contribution in [0.1, 0.15) is 63.7 Å². The van der Waals surface area contributed by atoms with Crippen molar-refractivity contribution in [1.82, 2.24) is 15.6 Å². The summed E-state index contributed by atoms with van der Waals surface area (Å²) in [5, 5.41) is 18.5. The van der Waals surface area contributed by atoms with Gasteiger partial charge in [0, 0.05) is 17.3 Å². The van der Waals surface area contributed by atoms with Crippen molar-refractivity contribution in [2.75, 3.05) is 6.54 Å². The highest BCUT2D eigenvalue weighted by Crippen LogP contribution is 2.30. The van der Waals surface area contributed by atoms with E-state index in [-0.39, 0.29) is 17.5 Å². The number of thiazole rings is 1. The van der Waals surface area contributed by atoms with Gasteiger partial charge in [-0.2, -0.15) is 0 Å². The first-order valence-corrected chi connectivity index (χ1v) is 8.30. The van der Waals surface area contributed by atoms with E-state index in [1.807, 2.05) is 12.3 Å². The van der Waals surface area contributed by atoms with Crippen LogP contribution in [0, 0.1) is 0 Å². The minimum atomic E-state index is -0.693. The lowest BCUT2D eigenvalue weighted by Gasteiger charge is -2.36. The van der Waals surface area contributed by atoms with E-state index in [1.165, 1.54) is 0 Å². The van der Waals surface area contributed by atoms with Crippen LogP contribution in [0.15, 0.2) is 5.38 Å². The van der Waals surface area contributed by atoms with E-state index in [2.05, 4.69) is 36.4 Å². The summed E-state index contributed by atoms with van der Waals surface area (Å²) in [6.45, 7) is 8.60. The van der Waals surface area contributed by atoms with Gasteiger partial charge in [-0.25, -0.2) is 9.78 Å². The first kappa shape index (κ1) is 16.2. The Morgan fingerprint density at radius 3 is 2.67 bits per heavy atom. The highest BCUT2D eigenvalue weighted by Gasteiger charge is 2.34. The molecule has 1 aromatic heterocycles. The van der Waals surface area contributed by atoms with Crippen molar-refractivity contribution in [2.45, 2.75) is 64.0 Å². The van der Waals surface area contributed by atoms with Crippen LogP contribution in [0.3, 0.4) is 0 Å². The van der Waals surface area contributed by atoms with Gasteiger partial charge in [-0.1, -0.05) is 20.8 Å². The van der Waals surface area contributed by atoms with Gasteiger partial charge < -0.3 is 15.7 Å². The van der Waals surface area contributed by atoms with Gasteiger partial charge in [-0.3, -0.25) is 0 Å². The molecule has 1 heterocycles. The normalized spacial score (nSPS) is 18.7. The molecular formula is C15H25N3O2S. The van der Waals surface area contributed by atoms with Gasteiger partial charge in [-0.15, -0.1) is 11.3 Å². The Morgan fingerprint density at radius 1 is 1.52 bits per heavy atom. The largest absolute Gasteiger partial charge is 0.388 e. The number of carbonyl (C=O) groups excluding carboxylic acids is 1. The molecule has 1 unspecified atom stereocenters. The summed E-state index contributed by atoms with van der Waals surface area (Å²) in [7, 11) is 0. The summed E-state index contributed by atoms with van der Waals surface area (Å²) in [6.07, 6.45) is 2.57. The lowest BCUT2D eigenvalue weighted by Crippen LogP contribution is -2.50. The maximum atomic E-state index is 11.9. The topological polar surface area (TPSA) is 74.2 Å². The van der Waals surface area contributed by atoms with Gasteiger partial charge in [0.2, 0.25) is 0 Å². The lowest BCUT2D eigenvalue weighted by atomic mass is 9.80. The number of amides is 2. The molecule has 1 saturated carbocycles. The average Bonchev–Trinajstić information content (AvgIpc) is 2.83. The number of hydrogen-bond donors (Lipinski definition) is 3. The molecule has 1 fully saturated rings. The third kappa shape index (κ3) is 4.17. The van der Waals surface area contributed by atoms with E-state index >= 15 is 0 Å². The first-order chi connectivity index (χ1) is 9.70. The van der Waals surface area contributed by atoms with Gasteiger partial charge in [0.15, 0.2) is 0 Å². The lowest BCUT2D eigenvalue weighted by molar-refractivity contribution is -0.0290. The van der Waals surface area contributed by atoms with Crippen LogP contribution in [0.2, 0.25) is 0 Å². The molecule has 0 radical (unpaired) electrons. The van der Waals surface area contributed by atoms with Crippen LogP contribution in [0.5, 0.6) is 0 Å². The van der Waals surface area contributed by atoms with Crippen molar-refractivity contribution < 1.29 is 9.90 Å². The SMILES string of the molecule is CC(NC(=O)NCC1(O)CCC1)c1nc(C(C)(C)C)cs1. The molecule has 2 rings (SSSR count). The smallest absolute Gasteiger partial charge is 0.315 e. The first-order valence-electron chi connectivity index (χ1n) is 7.42. The van der Waals surface area contributed by atoms with Crippen molar-refractivity contribution in [3.8, 4) is 0 Å². The second-order valence-electron chi connectivity index (χ2n) is 6.95. The summed E-state index contributed by atoms with van der Waals surface area (Å²) < 4.78 is 0. The summed E-state index contributed by atoms with van der Waals surface area (Å²) in [5.74, 6) is 0. The van der Waals surface area contributed by atoms with Crippen LogP contribution in [0.25, 0.3) is 0 Å². The highest BCUT2D eigenvalue weighted by atomic mass is 32.1. The maximum absolute atomic E-state index is 11.9. The molecule has 21 heavy (non-hydrogen) atoms. The fourth-order valence-electron chi connectivity index (χ4n) is 2.15. The van der Waals surface area contributed by atoms with Crippen LogP contribution in [-0.4, -0.2) is 28.3 Å². The summed E-state index contributed by atoms with van der Waals surface area (Å²) in [6, 6.07) is -0.391. The maximum Gasteiger partial charge on any atom is 0.315 e. The van der Waals surface area contributed by atoms with Crippen molar-refractivity contribution in [3.05, 3.63) is 16.1 Å². The van der Waals surface area contributed by atoms with Gasteiger partial charge >= 0.3 is 6.03 Å². The number of nitrogens with one attached hydrogen (secondary N) is 2. The quantitative estimate of drug-likeness (QED) is 0.800. The zero-order valence-corrected chi connectivity index (χ0v) is 14.0. The fourth-order valence-corrected chi connectivity index (χ4v) is 3.20. The van der Waals surface area contributed by atoms with Crippen LogP contribution in [-0.2, 0) is 5.41 Å². The molecule has 118 valence electrons. The minimum Gasteiger partial charge on any atom is -0.388 e. The molecular weight excluding hydrogens is 286 g/mol. The Bertz CT molecular complexity index is 503. The summed E-state index contributed by atoms with van der Waals surface area (Å²) >= 11 is 1.56. The summed E-state index contributed by atoms with van der Waals surface area (Å²) in [4.78, 5) is 16.5. The van der Waals surface area contributed by atoms with E-state index in [0.717, 1.165) is 30.0 Å². The number of hydrogen-bond acceptors (Lipinski definition) is 4. The van der Waals surface area contributed by atoms with Crippen LogP contribution in [0.4, 0.5) is 4.79 Å². The van der Waals surface area contributed by atoms with E-state index in [9.17, 15) is 9.90 Å². The zero-order valence-electron chi connectivity index (χ0n) is 13.2. The van der Waals surface area contributed by atoms with Gasteiger partial charge in [0.05, 0.1) is 17.3 Å². The molecule has 2 amide bonds. The second-order valence-corrected chi connectivity index (χ2v) is 7.84. The van der Waals surface area contributed by atoms with Crippen molar-refractivity contribution >= 4 is 17.4 Å². The Kier molecular flexibility index (Phi) is 4.58. The number of urea groups is 1. The third-order valence-electron chi connectivity index (χ3n) is 3.87. The number of aromatic nitrogens is 1. The molecule has 0 bridgehead atoms. The van der Waals surface area contributed by atoms with E-state index in [1.54, 1.807) is 11.3 Å². The molecule has 6 heteroatoms. The number of nitrogens with zero attached hydrogens (tertiary/aromatic N) is 1. The standard InChI is InChI=1S/C15H25N3O2S/c1-10(12-18-11(8-21-12)14(2,3)4)17-13(19)16-9-15(20)6-5-7-15/h8,10,20H,5-7,9H2,1-4H3,(H2,16,17,19). The minimum absolute atomic E-state index is 0.0181. The highest BCUT2D eigenvalue weighted by molar-refractivity contribution is 7.09. The van der Waals surface area contributed by atoms with Gasteiger partial charge in [-0.05, 0) is 26.2 Å². The Labute approximate surface area is 130 Å². The Balaban J connectivity index is 1.84. The van der Waals surface area contributed by atoms with E-state index in [0.29, 0.717) is 6.54 Å². The van der Waals surface area contributed by atoms with Crippen LogP contribution >= 0.6 is 11.3 Å². The Hall–Kier alpha value is -1.14. The molecule has 0 aromatic carbocycles. The van der Waals surface area contributed by atoms with E-state index < -0.39 is 5.60 Å². The van der Waals surface area contributed by atoms with Crippen molar-refractivity contribution in [3.63, 3.8) is 0 Å². The second kappa shape index (κ2) is 5.93. The van der Waals surface area contributed by atoms with Gasteiger partial charge in [0.25, 0.3) is 0 Å². The predicted molar refractivity (Wildman–Crippen MR) is 84.6 cm³/mol. The van der Waals surface area contributed by atoms with Crippen molar-refractivity contribution in [1.29, 1.82) is 0 Å². The summed E-state index contributed by atoms with van der Waals surface area (Å²) in [5.41, 5.74) is 0.367. The van der Waals surface area contributed by atoms with Gasteiger partial charge in [0.1, 0.15) is 5.01 Å². The number of carbonyl (C=O) groups is 1. The fraction of sp³-hybridized carbons (Fsp3) is 0.733. The van der Waals surface area contributed by atoms with Crippen molar-refractivity contribution in [2.24, 2.45) is 0 Å². The molecule has 1 aromatic rings. The molecule has 0 aliphatic heterocycles. The molecule has 1 aliphatic rings. The molecule has 0 spiro atoms. The van der Waals surface area contributed by atoms with E-state index in [4.69, 9.17) is 0 Å². The average molecular weight is 311 g/mol. The monoisotopic (exact) mass is 311 g/mol. The number of rotatable bonds is 4. The molecule has 5 nitrogen and oxygen atoms in total. The zero-order chi connectivity index (χ0) is 15.7. The molecule has 0 saturated heterocycles. The Morgan fingerprint density at radius 2 is 2.19 bits per heavy atom. The number of aliphatic hydroxyl groups is 1. The van der Waals surface area contributed by atoms with Crippen LogP contribution < -0.4 is 10.6 Å². The molecule has 3 N–H and O–H groups in total. The molecule has 1 aliphatic carbocycles. The predicted octanol–water partition coefficient (Wildman–Crippen LogP) is 2.72.